The maximum atomic E-state index is 12.4. The van der Waals surface area contributed by atoms with Gasteiger partial charge in [-0.3, -0.25) is 14.5 Å². The third-order valence-electron chi connectivity index (χ3n) is 3.63. The SMILES string of the molecule is Cc1cc(C)n(C(CNC(=O)c2cncc(Br)c2)c2ccco2)n1. The van der Waals surface area contributed by atoms with Crippen LogP contribution in [-0.2, 0) is 0 Å². The van der Waals surface area contributed by atoms with Crippen LogP contribution in [0, 0.1) is 13.8 Å². The lowest BCUT2D eigenvalue weighted by molar-refractivity contribution is 0.0947. The van der Waals surface area contributed by atoms with E-state index in [0.29, 0.717) is 12.1 Å². The number of rotatable bonds is 5. The van der Waals surface area contributed by atoms with Crippen molar-refractivity contribution in [2.75, 3.05) is 6.54 Å². The maximum Gasteiger partial charge on any atom is 0.252 e. The Kier molecular flexibility index (Phi) is 4.80. The number of hydrogen-bond acceptors (Lipinski definition) is 4. The number of pyridine rings is 1. The minimum absolute atomic E-state index is 0.193. The Labute approximate surface area is 148 Å². The second-order valence-corrected chi connectivity index (χ2v) is 6.42. The van der Waals surface area contributed by atoms with Gasteiger partial charge in [0.1, 0.15) is 11.8 Å². The first-order chi connectivity index (χ1) is 11.5. The van der Waals surface area contributed by atoms with Gasteiger partial charge in [0.15, 0.2) is 0 Å². The molecule has 1 amide bonds. The summed E-state index contributed by atoms with van der Waals surface area (Å²) >= 11 is 3.32. The number of halogens is 1. The summed E-state index contributed by atoms with van der Waals surface area (Å²) in [6.07, 6.45) is 4.79. The van der Waals surface area contributed by atoms with Crippen LogP contribution in [0.4, 0.5) is 0 Å². The molecule has 24 heavy (non-hydrogen) atoms. The van der Waals surface area contributed by atoms with E-state index in [4.69, 9.17) is 4.42 Å². The van der Waals surface area contributed by atoms with Gasteiger partial charge in [-0.25, -0.2) is 0 Å². The zero-order valence-electron chi connectivity index (χ0n) is 13.4. The Bertz CT molecular complexity index is 842. The Morgan fingerprint density at radius 2 is 2.21 bits per heavy atom. The number of carbonyl (C=O) groups is 1. The largest absolute Gasteiger partial charge is 0.467 e. The molecule has 6 nitrogen and oxygen atoms in total. The number of furan rings is 1. The Balaban J connectivity index is 1.80. The van der Waals surface area contributed by atoms with Gasteiger partial charge in [0.2, 0.25) is 0 Å². The first-order valence-corrected chi connectivity index (χ1v) is 8.29. The van der Waals surface area contributed by atoms with Crippen molar-refractivity contribution in [3.05, 3.63) is 70.1 Å². The fourth-order valence-corrected chi connectivity index (χ4v) is 2.94. The van der Waals surface area contributed by atoms with E-state index in [-0.39, 0.29) is 11.9 Å². The van der Waals surface area contributed by atoms with Crippen LogP contribution in [0.5, 0.6) is 0 Å². The molecule has 0 aliphatic rings. The molecule has 0 aliphatic carbocycles. The molecule has 1 atom stereocenters. The number of amides is 1. The van der Waals surface area contributed by atoms with E-state index < -0.39 is 0 Å². The van der Waals surface area contributed by atoms with Crippen LogP contribution >= 0.6 is 15.9 Å². The van der Waals surface area contributed by atoms with Crippen LogP contribution in [0.25, 0.3) is 0 Å². The minimum Gasteiger partial charge on any atom is -0.467 e. The lowest BCUT2D eigenvalue weighted by Crippen LogP contribution is -2.32. The molecule has 0 spiro atoms. The Hall–Kier alpha value is -2.41. The number of aromatic nitrogens is 3. The van der Waals surface area contributed by atoms with Crippen molar-refractivity contribution in [2.45, 2.75) is 19.9 Å². The quantitative estimate of drug-likeness (QED) is 0.727. The summed E-state index contributed by atoms with van der Waals surface area (Å²) < 4.78 is 8.17. The predicted octanol–water partition coefficient (Wildman–Crippen LogP) is 3.27. The summed E-state index contributed by atoms with van der Waals surface area (Å²) in [6, 6.07) is 7.23. The van der Waals surface area contributed by atoms with E-state index in [9.17, 15) is 4.79 Å². The summed E-state index contributed by atoms with van der Waals surface area (Å²) in [5, 5.41) is 7.45. The smallest absolute Gasteiger partial charge is 0.252 e. The van der Waals surface area contributed by atoms with Crippen LogP contribution < -0.4 is 5.32 Å². The lowest BCUT2D eigenvalue weighted by atomic mass is 10.2. The molecule has 1 unspecified atom stereocenters. The van der Waals surface area contributed by atoms with Gasteiger partial charge >= 0.3 is 0 Å². The average molecular weight is 389 g/mol. The van der Waals surface area contributed by atoms with Crippen LogP contribution in [0.15, 0.2) is 51.8 Å². The van der Waals surface area contributed by atoms with Crippen LogP contribution in [0.3, 0.4) is 0 Å². The van der Waals surface area contributed by atoms with Crippen molar-refractivity contribution < 1.29 is 9.21 Å². The van der Waals surface area contributed by atoms with E-state index in [1.165, 1.54) is 6.20 Å². The highest BCUT2D eigenvalue weighted by Gasteiger charge is 2.21. The molecule has 0 fully saturated rings. The summed E-state index contributed by atoms with van der Waals surface area (Å²) in [6.45, 7) is 4.28. The molecular formula is C17H17BrN4O2. The van der Waals surface area contributed by atoms with Gasteiger partial charge in [0, 0.05) is 29.1 Å². The molecular weight excluding hydrogens is 372 g/mol. The molecule has 0 bridgehead atoms. The van der Waals surface area contributed by atoms with Crippen molar-refractivity contribution in [1.29, 1.82) is 0 Å². The number of hydrogen-bond donors (Lipinski definition) is 1. The topological polar surface area (TPSA) is 73.0 Å². The van der Waals surface area contributed by atoms with Gasteiger partial charge in [-0.05, 0) is 54.0 Å². The summed E-state index contributed by atoms with van der Waals surface area (Å²) in [5.74, 6) is 0.552. The van der Waals surface area contributed by atoms with E-state index in [1.54, 1.807) is 18.5 Å². The van der Waals surface area contributed by atoms with Crippen molar-refractivity contribution in [3.8, 4) is 0 Å². The molecule has 124 valence electrons. The molecule has 3 rings (SSSR count). The lowest BCUT2D eigenvalue weighted by Gasteiger charge is -2.18. The van der Waals surface area contributed by atoms with Crippen molar-refractivity contribution in [1.82, 2.24) is 20.1 Å². The first-order valence-electron chi connectivity index (χ1n) is 7.49. The third kappa shape index (κ3) is 3.56. The molecule has 7 heteroatoms. The molecule has 0 saturated heterocycles. The highest BCUT2D eigenvalue weighted by molar-refractivity contribution is 9.10. The van der Waals surface area contributed by atoms with Crippen LogP contribution in [-0.4, -0.2) is 27.2 Å². The zero-order valence-corrected chi connectivity index (χ0v) is 14.9. The molecule has 0 aromatic carbocycles. The summed E-state index contributed by atoms with van der Waals surface area (Å²) in [4.78, 5) is 16.4. The molecule has 3 heterocycles. The van der Waals surface area contributed by atoms with Crippen molar-refractivity contribution in [3.63, 3.8) is 0 Å². The van der Waals surface area contributed by atoms with Gasteiger partial charge in [-0.15, -0.1) is 0 Å². The molecule has 3 aromatic rings. The Morgan fingerprint density at radius 1 is 1.38 bits per heavy atom. The minimum atomic E-state index is -0.210. The molecule has 0 saturated carbocycles. The molecule has 0 aliphatic heterocycles. The number of aryl methyl sites for hydroxylation is 2. The Morgan fingerprint density at radius 3 is 2.83 bits per heavy atom. The third-order valence-corrected chi connectivity index (χ3v) is 4.07. The van der Waals surface area contributed by atoms with Crippen LogP contribution in [0.1, 0.15) is 33.5 Å². The molecule has 3 aromatic heterocycles. The average Bonchev–Trinajstić information content (AvgIpc) is 3.18. The van der Waals surface area contributed by atoms with E-state index >= 15 is 0 Å². The number of nitrogens with one attached hydrogen (secondary N) is 1. The van der Waals surface area contributed by atoms with Crippen molar-refractivity contribution in [2.24, 2.45) is 0 Å². The highest BCUT2D eigenvalue weighted by Crippen LogP contribution is 2.20. The van der Waals surface area contributed by atoms with Gasteiger partial charge in [0.05, 0.1) is 17.5 Å². The molecule has 1 N–H and O–H groups in total. The van der Waals surface area contributed by atoms with Gasteiger partial charge in [0.25, 0.3) is 5.91 Å². The first kappa shape index (κ1) is 16.4. The summed E-state index contributed by atoms with van der Waals surface area (Å²) in [7, 11) is 0. The number of nitrogens with zero attached hydrogens (tertiary/aromatic N) is 3. The normalized spacial score (nSPS) is 12.1. The fourth-order valence-electron chi connectivity index (χ4n) is 2.58. The second kappa shape index (κ2) is 7.00. The van der Waals surface area contributed by atoms with Gasteiger partial charge in [-0.2, -0.15) is 5.10 Å². The van der Waals surface area contributed by atoms with E-state index in [0.717, 1.165) is 21.6 Å². The van der Waals surface area contributed by atoms with E-state index in [2.05, 4.69) is 31.3 Å². The van der Waals surface area contributed by atoms with Gasteiger partial charge < -0.3 is 9.73 Å². The molecule has 0 radical (unpaired) electrons. The highest BCUT2D eigenvalue weighted by atomic mass is 79.9. The fraction of sp³-hybridized carbons (Fsp3) is 0.235. The number of carbonyl (C=O) groups excluding carboxylic acids is 1. The predicted molar refractivity (Wildman–Crippen MR) is 92.8 cm³/mol. The van der Waals surface area contributed by atoms with Gasteiger partial charge in [-0.1, -0.05) is 0 Å². The van der Waals surface area contributed by atoms with Crippen LogP contribution in [0.2, 0.25) is 0 Å². The monoisotopic (exact) mass is 388 g/mol. The maximum absolute atomic E-state index is 12.4. The standard InChI is InChI=1S/C17H17BrN4O2/c1-11-6-12(2)22(21-11)15(16-4-3-5-24-16)10-20-17(23)13-7-14(18)9-19-8-13/h3-9,15H,10H2,1-2H3,(H,20,23). The van der Waals surface area contributed by atoms with E-state index in [1.807, 2.05) is 36.7 Å². The second-order valence-electron chi connectivity index (χ2n) is 5.50. The summed E-state index contributed by atoms with van der Waals surface area (Å²) in [5.41, 5.74) is 2.43. The van der Waals surface area contributed by atoms with Crippen molar-refractivity contribution >= 4 is 21.8 Å². The zero-order chi connectivity index (χ0) is 17.1.